The second-order valence-corrected chi connectivity index (χ2v) is 6.98. The summed E-state index contributed by atoms with van der Waals surface area (Å²) in [7, 11) is 0. The third kappa shape index (κ3) is 21.2. The Labute approximate surface area is 161 Å². The van der Waals surface area contributed by atoms with E-state index >= 15 is 0 Å². The number of carbonyl (C=O) groups excluding carboxylic acids is 1. The van der Waals surface area contributed by atoms with Crippen molar-refractivity contribution in [2.45, 2.75) is 96.8 Å². The smallest absolute Gasteiger partial charge is 0.305 e. The van der Waals surface area contributed by atoms with Crippen LogP contribution in [0.15, 0.2) is 24.3 Å². The first-order chi connectivity index (χ1) is 12.3. The lowest BCUT2D eigenvalue weighted by Gasteiger charge is -2.04. The van der Waals surface area contributed by atoms with E-state index in [1.54, 1.807) is 0 Å². The van der Waals surface area contributed by atoms with Gasteiger partial charge >= 0.3 is 5.97 Å². The minimum atomic E-state index is -0.0553. The first-order valence-corrected chi connectivity index (χ1v) is 10.9. The van der Waals surface area contributed by atoms with Crippen molar-refractivity contribution < 1.29 is 9.53 Å². The summed E-state index contributed by atoms with van der Waals surface area (Å²) in [5, 5.41) is 0. The van der Waals surface area contributed by atoms with Crippen LogP contribution in [0.2, 0.25) is 0 Å². The van der Waals surface area contributed by atoms with Gasteiger partial charge in [-0.3, -0.25) is 4.79 Å². The molecule has 0 aromatic rings. The molecule has 0 aromatic carbocycles. The first-order valence-electron chi connectivity index (χ1n) is 10.3. The van der Waals surface area contributed by atoms with Gasteiger partial charge in [0.1, 0.15) is 0 Å². The normalized spacial score (nSPS) is 11.6. The van der Waals surface area contributed by atoms with E-state index in [1.165, 1.54) is 51.4 Å². The summed E-state index contributed by atoms with van der Waals surface area (Å²) in [4.78, 5) is 11.5. The van der Waals surface area contributed by atoms with E-state index in [0.29, 0.717) is 18.9 Å². The Balaban J connectivity index is 3.25. The average Bonchev–Trinajstić information content (AvgIpc) is 2.62. The van der Waals surface area contributed by atoms with E-state index < -0.39 is 0 Å². The Morgan fingerprint density at radius 3 is 2.12 bits per heavy atom. The molecule has 146 valence electrons. The van der Waals surface area contributed by atoms with Gasteiger partial charge in [-0.1, -0.05) is 63.3 Å². The zero-order valence-electron chi connectivity index (χ0n) is 16.3. The Kier molecular flexibility index (Phi) is 20.6. The van der Waals surface area contributed by atoms with Crippen LogP contribution in [-0.4, -0.2) is 18.5 Å². The Bertz CT molecular complexity index is 337. The van der Waals surface area contributed by atoms with Crippen molar-refractivity contribution >= 4 is 17.6 Å². The van der Waals surface area contributed by atoms with Crippen molar-refractivity contribution in [3.63, 3.8) is 0 Å². The summed E-state index contributed by atoms with van der Waals surface area (Å²) < 4.78 is 5.15. The molecule has 0 aromatic heterocycles. The standard InChI is InChI=1S/C22H39ClO2/c1-2-3-4-5-6-7-8-9-10-11-12-13-14-15-16-19-22(24)25-21-18-17-20-23/h6-7,9-10H,2-5,8,11-21H2,1H3/b7-6-,10-9-. The molecule has 0 saturated carbocycles. The number of unbranched alkanes of at least 4 members (excludes halogenated alkanes) is 9. The lowest BCUT2D eigenvalue weighted by molar-refractivity contribution is -0.143. The number of halogens is 1. The van der Waals surface area contributed by atoms with Crippen LogP contribution in [0.1, 0.15) is 96.8 Å². The van der Waals surface area contributed by atoms with Gasteiger partial charge in [-0.2, -0.15) is 0 Å². The first kappa shape index (κ1) is 24.2. The van der Waals surface area contributed by atoms with Crippen LogP contribution in [0.5, 0.6) is 0 Å². The molecule has 0 aliphatic carbocycles. The highest BCUT2D eigenvalue weighted by molar-refractivity contribution is 6.17. The predicted molar refractivity (Wildman–Crippen MR) is 110 cm³/mol. The second-order valence-electron chi connectivity index (χ2n) is 6.60. The van der Waals surface area contributed by atoms with Gasteiger partial charge in [0.15, 0.2) is 0 Å². The molecule has 0 aliphatic heterocycles. The molecule has 0 fully saturated rings. The number of ether oxygens (including phenoxy) is 1. The quantitative estimate of drug-likeness (QED) is 0.109. The van der Waals surface area contributed by atoms with Crippen molar-refractivity contribution in [2.75, 3.05) is 12.5 Å². The number of allylic oxidation sites excluding steroid dienone is 4. The molecule has 0 saturated heterocycles. The maximum Gasteiger partial charge on any atom is 0.305 e. The number of alkyl halides is 1. The highest BCUT2D eigenvalue weighted by atomic mass is 35.5. The molecule has 0 spiro atoms. The molecule has 0 heterocycles. The van der Waals surface area contributed by atoms with Gasteiger partial charge < -0.3 is 4.74 Å². The molecule has 0 unspecified atom stereocenters. The molecule has 0 radical (unpaired) electrons. The topological polar surface area (TPSA) is 26.3 Å². The van der Waals surface area contributed by atoms with E-state index in [9.17, 15) is 4.79 Å². The highest BCUT2D eigenvalue weighted by Gasteiger charge is 2.01. The molecular weight excluding hydrogens is 332 g/mol. The van der Waals surface area contributed by atoms with Crippen LogP contribution in [0.25, 0.3) is 0 Å². The minimum Gasteiger partial charge on any atom is -0.466 e. The maximum absolute atomic E-state index is 11.5. The third-order valence-electron chi connectivity index (χ3n) is 4.12. The third-order valence-corrected chi connectivity index (χ3v) is 4.39. The van der Waals surface area contributed by atoms with Gasteiger partial charge in [0.25, 0.3) is 0 Å². The number of esters is 1. The largest absolute Gasteiger partial charge is 0.466 e. The average molecular weight is 371 g/mol. The molecule has 3 heteroatoms. The summed E-state index contributed by atoms with van der Waals surface area (Å²) in [6.45, 7) is 2.76. The molecule has 0 atom stereocenters. The summed E-state index contributed by atoms with van der Waals surface area (Å²) in [6, 6.07) is 0. The number of hydrogen-bond acceptors (Lipinski definition) is 2. The van der Waals surface area contributed by atoms with Gasteiger partial charge in [0.05, 0.1) is 6.61 Å². The van der Waals surface area contributed by atoms with Gasteiger partial charge in [0.2, 0.25) is 0 Å². The van der Waals surface area contributed by atoms with E-state index in [0.717, 1.165) is 32.1 Å². The monoisotopic (exact) mass is 370 g/mol. The number of rotatable bonds is 18. The fourth-order valence-corrected chi connectivity index (χ4v) is 2.72. The minimum absolute atomic E-state index is 0.0553. The van der Waals surface area contributed by atoms with E-state index in [1.807, 2.05) is 0 Å². The van der Waals surface area contributed by atoms with Gasteiger partial charge in [0, 0.05) is 12.3 Å². The fourth-order valence-electron chi connectivity index (χ4n) is 2.54. The summed E-state index contributed by atoms with van der Waals surface area (Å²) in [5.74, 6) is 0.586. The Morgan fingerprint density at radius 1 is 0.800 bits per heavy atom. The van der Waals surface area contributed by atoms with E-state index in [2.05, 4.69) is 31.2 Å². The molecule has 0 amide bonds. The van der Waals surface area contributed by atoms with Crippen molar-refractivity contribution in [2.24, 2.45) is 0 Å². The van der Waals surface area contributed by atoms with E-state index in [4.69, 9.17) is 16.3 Å². The molecular formula is C22H39ClO2. The van der Waals surface area contributed by atoms with Crippen molar-refractivity contribution in [1.29, 1.82) is 0 Å². The second kappa shape index (κ2) is 21.3. The zero-order valence-corrected chi connectivity index (χ0v) is 17.1. The number of hydrogen-bond donors (Lipinski definition) is 0. The fraction of sp³-hybridized carbons (Fsp3) is 0.773. The lowest BCUT2D eigenvalue weighted by Crippen LogP contribution is -2.05. The van der Waals surface area contributed by atoms with Crippen LogP contribution in [-0.2, 0) is 9.53 Å². The van der Waals surface area contributed by atoms with Crippen LogP contribution in [0, 0.1) is 0 Å². The summed E-state index contributed by atoms with van der Waals surface area (Å²) in [6.07, 6.45) is 24.7. The van der Waals surface area contributed by atoms with Crippen LogP contribution >= 0.6 is 11.6 Å². The van der Waals surface area contributed by atoms with Crippen molar-refractivity contribution in [3.05, 3.63) is 24.3 Å². The van der Waals surface area contributed by atoms with Gasteiger partial charge in [-0.25, -0.2) is 0 Å². The van der Waals surface area contributed by atoms with Crippen molar-refractivity contribution in [1.82, 2.24) is 0 Å². The van der Waals surface area contributed by atoms with Gasteiger partial charge in [-0.05, 0) is 51.4 Å². The van der Waals surface area contributed by atoms with Crippen LogP contribution < -0.4 is 0 Å². The molecule has 0 bridgehead atoms. The number of carbonyl (C=O) groups is 1. The van der Waals surface area contributed by atoms with Crippen LogP contribution in [0.4, 0.5) is 0 Å². The maximum atomic E-state index is 11.5. The Morgan fingerprint density at radius 2 is 1.44 bits per heavy atom. The van der Waals surface area contributed by atoms with E-state index in [-0.39, 0.29) is 5.97 Å². The SMILES string of the molecule is CCCCC/C=C\C/C=C\CCCCCCCC(=O)OCCCCCl. The molecule has 0 rings (SSSR count). The molecule has 0 aliphatic rings. The molecule has 25 heavy (non-hydrogen) atoms. The highest BCUT2D eigenvalue weighted by Crippen LogP contribution is 2.09. The predicted octanol–water partition coefficient (Wildman–Crippen LogP) is 7.36. The molecule has 0 N–H and O–H groups in total. The van der Waals surface area contributed by atoms with Crippen molar-refractivity contribution in [3.8, 4) is 0 Å². The zero-order chi connectivity index (χ0) is 18.4. The Hall–Kier alpha value is -0.760. The summed E-state index contributed by atoms with van der Waals surface area (Å²) >= 11 is 5.58. The molecule has 2 nitrogen and oxygen atoms in total. The lowest BCUT2D eigenvalue weighted by atomic mass is 10.1. The van der Waals surface area contributed by atoms with Gasteiger partial charge in [-0.15, -0.1) is 11.6 Å². The summed E-state index contributed by atoms with van der Waals surface area (Å²) in [5.41, 5.74) is 0. The van der Waals surface area contributed by atoms with Crippen LogP contribution in [0.3, 0.4) is 0 Å².